The molecule has 36 heavy (non-hydrogen) atoms. The molecular weight excluding hydrogens is 456 g/mol. The summed E-state index contributed by atoms with van der Waals surface area (Å²) in [4.78, 5) is 18.7. The summed E-state index contributed by atoms with van der Waals surface area (Å²) in [6.07, 6.45) is 5.66. The number of benzene rings is 1. The Hall–Kier alpha value is -3.30. The third-order valence-corrected chi connectivity index (χ3v) is 6.95. The monoisotopic (exact) mass is 490 g/mol. The smallest absolute Gasteiger partial charge is 0.252 e. The first-order chi connectivity index (χ1) is 17.5. The molecule has 0 spiro atoms. The van der Waals surface area contributed by atoms with Gasteiger partial charge in [-0.25, -0.2) is 4.68 Å². The lowest BCUT2D eigenvalue weighted by Crippen LogP contribution is -2.38. The van der Waals surface area contributed by atoms with Crippen molar-refractivity contribution in [3.05, 3.63) is 75.2 Å². The Morgan fingerprint density at radius 1 is 1.28 bits per heavy atom. The average molecular weight is 491 g/mol. The van der Waals surface area contributed by atoms with Gasteiger partial charge in [-0.05, 0) is 78.8 Å². The average Bonchev–Trinajstić information content (AvgIpc) is 3.62. The summed E-state index contributed by atoms with van der Waals surface area (Å²) in [5.41, 5.74) is 3.82. The second-order valence-corrected chi connectivity index (χ2v) is 9.81. The van der Waals surface area contributed by atoms with Crippen LogP contribution >= 0.6 is 0 Å². The van der Waals surface area contributed by atoms with Crippen LogP contribution in [0.25, 0.3) is 10.9 Å². The van der Waals surface area contributed by atoms with E-state index in [9.17, 15) is 4.79 Å². The third kappa shape index (κ3) is 5.27. The van der Waals surface area contributed by atoms with E-state index in [2.05, 4.69) is 51.4 Å². The molecular formula is C27H34N6O3. The number of nitrogens with zero attached hydrogens (tertiary/aromatic N) is 5. The molecule has 0 bridgehead atoms. The fourth-order valence-corrected chi connectivity index (χ4v) is 5.28. The number of hydrogen-bond acceptors (Lipinski definition) is 7. The van der Waals surface area contributed by atoms with Crippen molar-refractivity contribution in [2.45, 2.75) is 71.7 Å². The van der Waals surface area contributed by atoms with Crippen molar-refractivity contribution in [3.63, 3.8) is 0 Å². The first-order valence-electron chi connectivity index (χ1n) is 12.8. The van der Waals surface area contributed by atoms with Gasteiger partial charge < -0.3 is 14.1 Å². The number of aryl methyl sites for hydroxylation is 2. The van der Waals surface area contributed by atoms with Gasteiger partial charge in [0, 0.05) is 25.3 Å². The van der Waals surface area contributed by atoms with Crippen LogP contribution in [0.15, 0.2) is 45.8 Å². The number of nitrogens with one attached hydrogen (secondary N) is 1. The lowest BCUT2D eigenvalue weighted by atomic mass is 10.0. The number of ether oxygens (including phenoxy) is 1. The van der Waals surface area contributed by atoms with Crippen molar-refractivity contribution in [1.29, 1.82) is 0 Å². The molecule has 0 radical (unpaired) electrons. The van der Waals surface area contributed by atoms with E-state index in [0.29, 0.717) is 19.6 Å². The molecule has 1 N–H and O–H groups in total. The number of hydrogen-bond donors (Lipinski definition) is 1. The Balaban J connectivity index is 1.51. The molecule has 3 aromatic heterocycles. The molecule has 9 heteroatoms. The van der Waals surface area contributed by atoms with Gasteiger partial charge in [0.1, 0.15) is 12.3 Å². The Bertz CT molecular complexity index is 1350. The van der Waals surface area contributed by atoms with Gasteiger partial charge in [0.25, 0.3) is 5.56 Å². The summed E-state index contributed by atoms with van der Waals surface area (Å²) < 4.78 is 13.4. The highest BCUT2D eigenvalue weighted by atomic mass is 16.5. The van der Waals surface area contributed by atoms with Crippen LogP contribution in [-0.4, -0.2) is 49.3 Å². The first-order valence-corrected chi connectivity index (χ1v) is 12.8. The standard InChI is InChI=1S/C27H34N6O3/c1-4-7-24(26-29-30-31-33(26)17-23-9-6-11-36-23)32(16-22-8-5-10-35-22)15-21-14-20-13-18(2)12-19(3)25(20)28-27(21)34/h6,9,11-14,22,24H,4-5,7-8,10,15-17H2,1-3H3,(H,28,34). The number of aromatic nitrogens is 5. The molecule has 9 nitrogen and oxygen atoms in total. The van der Waals surface area contributed by atoms with Gasteiger partial charge in [0.15, 0.2) is 5.82 Å². The number of aromatic amines is 1. The molecule has 2 unspecified atom stereocenters. The van der Waals surface area contributed by atoms with E-state index >= 15 is 0 Å². The quantitative estimate of drug-likeness (QED) is 0.354. The number of H-pyrrole nitrogens is 1. The fourth-order valence-electron chi connectivity index (χ4n) is 5.28. The van der Waals surface area contributed by atoms with Crippen LogP contribution in [0.5, 0.6) is 0 Å². The van der Waals surface area contributed by atoms with Crippen LogP contribution in [0.4, 0.5) is 0 Å². The second kappa shape index (κ2) is 10.8. The summed E-state index contributed by atoms with van der Waals surface area (Å²) in [7, 11) is 0. The molecule has 4 aromatic rings. The van der Waals surface area contributed by atoms with Crippen molar-refractivity contribution in [3.8, 4) is 0 Å². The Labute approximate surface area is 210 Å². The van der Waals surface area contributed by atoms with Gasteiger partial charge in [-0.2, -0.15) is 0 Å². The minimum absolute atomic E-state index is 0.0581. The summed E-state index contributed by atoms with van der Waals surface area (Å²) in [5.74, 6) is 1.57. The zero-order valence-corrected chi connectivity index (χ0v) is 21.2. The Morgan fingerprint density at radius 2 is 2.17 bits per heavy atom. The van der Waals surface area contributed by atoms with E-state index in [1.807, 2.05) is 25.1 Å². The van der Waals surface area contributed by atoms with Crippen molar-refractivity contribution in [2.75, 3.05) is 13.2 Å². The van der Waals surface area contributed by atoms with Crippen LogP contribution in [0, 0.1) is 13.8 Å². The molecule has 0 aliphatic carbocycles. The first kappa shape index (κ1) is 24.4. The largest absolute Gasteiger partial charge is 0.467 e. The summed E-state index contributed by atoms with van der Waals surface area (Å²) in [6, 6.07) is 9.96. The van der Waals surface area contributed by atoms with Crippen LogP contribution < -0.4 is 5.56 Å². The van der Waals surface area contributed by atoms with E-state index in [1.54, 1.807) is 10.9 Å². The van der Waals surface area contributed by atoms with Crippen molar-refractivity contribution >= 4 is 10.9 Å². The van der Waals surface area contributed by atoms with Crippen molar-refractivity contribution in [1.82, 2.24) is 30.1 Å². The number of furan rings is 1. The van der Waals surface area contributed by atoms with Crippen LogP contribution in [0.1, 0.15) is 66.9 Å². The number of pyridine rings is 1. The van der Waals surface area contributed by atoms with Crippen LogP contribution in [-0.2, 0) is 17.8 Å². The zero-order valence-electron chi connectivity index (χ0n) is 21.2. The number of rotatable bonds is 10. The van der Waals surface area contributed by atoms with Gasteiger partial charge in [-0.1, -0.05) is 25.0 Å². The number of tetrazole rings is 1. The van der Waals surface area contributed by atoms with Gasteiger partial charge in [-0.15, -0.1) is 5.10 Å². The summed E-state index contributed by atoms with van der Waals surface area (Å²) in [5, 5.41) is 13.8. The lowest BCUT2D eigenvalue weighted by Gasteiger charge is -2.32. The fraction of sp³-hybridized carbons (Fsp3) is 0.481. The summed E-state index contributed by atoms with van der Waals surface area (Å²) >= 11 is 0. The molecule has 1 aliphatic heterocycles. The third-order valence-electron chi connectivity index (χ3n) is 6.95. The van der Waals surface area contributed by atoms with Gasteiger partial charge in [-0.3, -0.25) is 9.69 Å². The normalized spacial score (nSPS) is 16.8. The Kier molecular flexibility index (Phi) is 7.29. The molecule has 0 amide bonds. The maximum Gasteiger partial charge on any atom is 0.252 e. The molecule has 190 valence electrons. The zero-order chi connectivity index (χ0) is 25.1. The summed E-state index contributed by atoms with van der Waals surface area (Å²) in [6.45, 7) is 8.70. The van der Waals surface area contributed by atoms with Crippen molar-refractivity contribution in [2.24, 2.45) is 0 Å². The molecule has 0 saturated carbocycles. The van der Waals surface area contributed by atoms with Gasteiger partial charge in [0.05, 0.1) is 23.9 Å². The van der Waals surface area contributed by atoms with Crippen LogP contribution in [0.3, 0.4) is 0 Å². The SMILES string of the molecule is CCCC(c1nnnn1Cc1ccco1)N(Cc1cc2cc(C)cc(C)c2[nH]c1=O)CC1CCCO1. The minimum atomic E-state index is -0.0708. The van der Waals surface area contributed by atoms with E-state index in [4.69, 9.17) is 9.15 Å². The number of fused-ring (bicyclic) bond motifs is 1. The maximum atomic E-state index is 13.2. The highest BCUT2D eigenvalue weighted by Gasteiger charge is 2.30. The molecule has 5 rings (SSSR count). The van der Waals surface area contributed by atoms with Gasteiger partial charge in [0.2, 0.25) is 0 Å². The van der Waals surface area contributed by atoms with E-state index in [1.165, 1.54) is 5.56 Å². The second-order valence-electron chi connectivity index (χ2n) is 9.81. The maximum absolute atomic E-state index is 13.2. The van der Waals surface area contributed by atoms with Crippen molar-refractivity contribution < 1.29 is 9.15 Å². The molecule has 1 aromatic carbocycles. The van der Waals surface area contributed by atoms with E-state index in [-0.39, 0.29) is 17.7 Å². The molecule has 1 fully saturated rings. The topological polar surface area (TPSA) is 102 Å². The highest BCUT2D eigenvalue weighted by Crippen LogP contribution is 2.29. The predicted octanol–water partition coefficient (Wildman–Crippen LogP) is 4.30. The van der Waals surface area contributed by atoms with E-state index < -0.39 is 0 Å². The highest BCUT2D eigenvalue weighted by molar-refractivity contribution is 5.82. The molecule has 1 saturated heterocycles. The Morgan fingerprint density at radius 3 is 2.92 bits per heavy atom. The van der Waals surface area contributed by atoms with Gasteiger partial charge >= 0.3 is 0 Å². The lowest BCUT2D eigenvalue weighted by molar-refractivity contribution is 0.0476. The van der Waals surface area contributed by atoms with Crippen LogP contribution in [0.2, 0.25) is 0 Å². The molecule has 1 aliphatic rings. The predicted molar refractivity (Wildman–Crippen MR) is 137 cm³/mol. The molecule has 2 atom stereocenters. The van der Waals surface area contributed by atoms with E-state index in [0.717, 1.165) is 65.9 Å². The minimum Gasteiger partial charge on any atom is -0.467 e. The molecule has 4 heterocycles.